The fourth-order valence-corrected chi connectivity index (χ4v) is 2.00. The molecule has 114 valence electrons. The minimum Gasteiger partial charge on any atom is -0.490 e. The maximum Gasteiger partial charge on any atom is 0.331 e. The average Bonchev–Trinajstić information content (AvgIpc) is 2.89. The number of aliphatic hydroxyl groups is 1. The Bertz CT molecular complexity index is 525. The number of benzene rings is 1. The molecule has 0 aliphatic carbocycles. The van der Waals surface area contributed by atoms with E-state index in [4.69, 9.17) is 9.47 Å². The molecule has 0 amide bonds. The van der Waals surface area contributed by atoms with Gasteiger partial charge in [-0.25, -0.2) is 4.79 Å². The minimum atomic E-state index is -0.587. The first-order valence-electron chi connectivity index (χ1n) is 7.07. The maximum absolute atomic E-state index is 11.2. The van der Waals surface area contributed by atoms with Crippen LogP contribution in [0, 0.1) is 0 Å². The molecule has 5 heteroatoms. The van der Waals surface area contributed by atoms with Crippen molar-refractivity contribution in [3.63, 3.8) is 0 Å². The molecular weight excluding hydrogens is 270 g/mol. The lowest BCUT2D eigenvalue weighted by molar-refractivity contribution is -0.134. The van der Waals surface area contributed by atoms with Crippen molar-refractivity contribution in [2.24, 2.45) is 0 Å². The molecule has 5 nitrogen and oxygen atoms in total. The van der Waals surface area contributed by atoms with Gasteiger partial charge in [0.25, 0.3) is 0 Å². The van der Waals surface area contributed by atoms with Gasteiger partial charge >= 0.3 is 5.97 Å². The van der Waals surface area contributed by atoms with Crippen LogP contribution in [-0.2, 0) is 9.53 Å². The van der Waals surface area contributed by atoms with Crippen LogP contribution in [-0.4, -0.2) is 43.0 Å². The fraction of sp³-hybridized carbons (Fsp3) is 0.438. The zero-order chi connectivity index (χ0) is 15.2. The Labute approximate surface area is 124 Å². The quantitative estimate of drug-likeness (QED) is 0.743. The van der Waals surface area contributed by atoms with Crippen LogP contribution < -0.4 is 10.1 Å². The Morgan fingerprint density at radius 1 is 1.38 bits per heavy atom. The Morgan fingerprint density at radius 2 is 2.14 bits per heavy atom. The van der Waals surface area contributed by atoms with E-state index in [-0.39, 0.29) is 19.2 Å². The van der Waals surface area contributed by atoms with Gasteiger partial charge in [0.15, 0.2) is 0 Å². The summed E-state index contributed by atoms with van der Waals surface area (Å²) in [6.07, 6.45) is 0.884. The minimum absolute atomic E-state index is 0.193. The maximum atomic E-state index is 11.2. The summed E-state index contributed by atoms with van der Waals surface area (Å²) in [5.74, 6) is 0.312. The van der Waals surface area contributed by atoms with E-state index in [1.165, 1.54) is 6.08 Å². The summed E-state index contributed by atoms with van der Waals surface area (Å²) < 4.78 is 10.6. The SMILES string of the molecule is CC(C)NCC(O)COc1ccccc1C1=CC(=O)OC1. The van der Waals surface area contributed by atoms with E-state index in [0.717, 1.165) is 11.1 Å². The fourth-order valence-electron chi connectivity index (χ4n) is 2.00. The molecule has 21 heavy (non-hydrogen) atoms. The van der Waals surface area contributed by atoms with Crippen molar-refractivity contribution in [3.8, 4) is 5.75 Å². The van der Waals surface area contributed by atoms with Crippen LogP contribution in [0.5, 0.6) is 5.75 Å². The standard InChI is InChI=1S/C16H21NO4/c1-11(2)17-8-13(18)10-20-15-6-4-3-5-14(15)12-7-16(19)21-9-12/h3-7,11,13,17-18H,8-10H2,1-2H3. The topological polar surface area (TPSA) is 67.8 Å². The summed E-state index contributed by atoms with van der Waals surface area (Å²) in [4.78, 5) is 11.2. The number of ether oxygens (including phenoxy) is 2. The number of para-hydroxylation sites is 1. The van der Waals surface area contributed by atoms with E-state index < -0.39 is 6.10 Å². The van der Waals surface area contributed by atoms with Gasteiger partial charge in [0.2, 0.25) is 0 Å². The number of nitrogens with one attached hydrogen (secondary N) is 1. The smallest absolute Gasteiger partial charge is 0.331 e. The van der Waals surface area contributed by atoms with Gasteiger partial charge in [-0.2, -0.15) is 0 Å². The molecule has 2 rings (SSSR count). The molecule has 0 bridgehead atoms. The van der Waals surface area contributed by atoms with Crippen molar-refractivity contribution in [1.29, 1.82) is 0 Å². The van der Waals surface area contributed by atoms with Gasteiger partial charge in [-0.3, -0.25) is 0 Å². The van der Waals surface area contributed by atoms with Crippen molar-refractivity contribution in [1.82, 2.24) is 5.32 Å². The Hall–Kier alpha value is -1.85. The molecule has 1 heterocycles. The Balaban J connectivity index is 1.97. The molecule has 0 radical (unpaired) electrons. The van der Waals surface area contributed by atoms with Crippen molar-refractivity contribution in [2.75, 3.05) is 19.8 Å². The summed E-state index contributed by atoms with van der Waals surface area (Å²) in [6.45, 7) is 4.97. The van der Waals surface area contributed by atoms with Gasteiger partial charge in [0.05, 0.1) is 0 Å². The van der Waals surface area contributed by atoms with Crippen LogP contribution in [0.3, 0.4) is 0 Å². The average molecular weight is 291 g/mol. The van der Waals surface area contributed by atoms with Gasteiger partial charge < -0.3 is 19.9 Å². The normalized spacial score (nSPS) is 15.8. The van der Waals surface area contributed by atoms with Crippen molar-refractivity contribution < 1.29 is 19.4 Å². The monoisotopic (exact) mass is 291 g/mol. The van der Waals surface area contributed by atoms with Crippen LogP contribution in [0.2, 0.25) is 0 Å². The second-order valence-corrected chi connectivity index (χ2v) is 5.30. The molecule has 0 aromatic heterocycles. The second-order valence-electron chi connectivity index (χ2n) is 5.30. The number of esters is 1. The number of cyclic esters (lactones) is 1. The molecule has 0 saturated carbocycles. The third-order valence-corrected chi connectivity index (χ3v) is 3.09. The molecule has 0 fully saturated rings. The highest BCUT2D eigenvalue weighted by molar-refractivity contribution is 5.96. The summed E-state index contributed by atoms with van der Waals surface area (Å²) in [6, 6.07) is 7.75. The second kappa shape index (κ2) is 7.24. The van der Waals surface area contributed by atoms with Crippen LogP contribution in [0.4, 0.5) is 0 Å². The van der Waals surface area contributed by atoms with E-state index in [1.807, 2.05) is 38.1 Å². The van der Waals surface area contributed by atoms with Crippen molar-refractivity contribution >= 4 is 11.5 Å². The third-order valence-electron chi connectivity index (χ3n) is 3.09. The lowest BCUT2D eigenvalue weighted by Gasteiger charge is -2.16. The van der Waals surface area contributed by atoms with Gasteiger partial charge in [-0.15, -0.1) is 0 Å². The first-order chi connectivity index (χ1) is 10.1. The highest BCUT2D eigenvalue weighted by Gasteiger charge is 2.18. The molecule has 0 saturated heterocycles. The predicted octanol–water partition coefficient (Wildman–Crippen LogP) is 1.36. The van der Waals surface area contributed by atoms with Crippen molar-refractivity contribution in [2.45, 2.75) is 26.0 Å². The third kappa shape index (κ3) is 4.58. The molecule has 1 atom stereocenters. The predicted molar refractivity (Wildman–Crippen MR) is 80.0 cm³/mol. The van der Waals surface area contributed by atoms with Crippen LogP contribution in [0.25, 0.3) is 5.57 Å². The number of rotatable bonds is 7. The van der Waals surface area contributed by atoms with Gasteiger partial charge in [0, 0.05) is 29.8 Å². The summed E-state index contributed by atoms with van der Waals surface area (Å²) >= 11 is 0. The molecule has 1 aromatic rings. The number of carbonyl (C=O) groups is 1. The molecule has 2 N–H and O–H groups in total. The first kappa shape index (κ1) is 15.5. The van der Waals surface area contributed by atoms with Gasteiger partial charge in [-0.05, 0) is 6.07 Å². The number of aliphatic hydroxyl groups excluding tert-OH is 1. The molecule has 0 spiro atoms. The van der Waals surface area contributed by atoms with Crippen molar-refractivity contribution in [3.05, 3.63) is 35.9 Å². The first-order valence-corrected chi connectivity index (χ1v) is 7.07. The zero-order valence-corrected chi connectivity index (χ0v) is 12.3. The molecular formula is C16H21NO4. The molecule has 1 aromatic carbocycles. The van der Waals surface area contributed by atoms with E-state index in [9.17, 15) is 9.90 Å². The summed E-state index contributed by atoms with van der Waals surface area (Å²) in [5.41, 5.74) is 1.62. The highest BCUT2D eigenvalue weighted by atomic mass is 16.5. The van der Waals surface area contributed by atoms with Gasteiger partial charge in [0.1, 0.15) is 25.1 Å². The lowest BCUT2D eigenvalue weighted by atomic mass is 10.1. The van der Waals surface area contributed by atoms with Crippen LogP contribution in [0.15, 0.2) is 30.3 Å². The largest absolute Gasteiger partial charge is 0.490 e. The van der Waals surface area contributed by atoms with Gasteiger partial charge in [-0.1, -0.05) is 32.0 Å². The Morgan fingerprint density at radius 3 is 2.81 bits per heavy atom. The lowest BCUT2D eigenvalue weighted by Crippen LogP contribution is -2.35. The Kier molecular flexibility index (Phi) is 5.36. The van der Waals surface area contributed by atoms with E-state index in [0.29, 0.717) is 18.3 Å². The number of carbonyl (C=O) groups excluding carboxylic acids is 1. The van der Waals surface area contributed by atoms with Crippen LogP contribution >= 0.6 is 0 Å². The summed E-state index contributed by atoms with van der Waals surface area (Å²) in [5, 5.41) is 13.0. The van der Waals surface area contributed by atoms with E-state index in [2.05, 4.69) is 5.32 Å². The highest BCUT2D eigenvalue weighted by Crippen LogP contribution is 2.28. The zero-order valence-electron chi connectivity index (χ0n) is 12.3. The van der Waals surface area contributed by atoms with E-state index in [1.54, 1.807) is 0 Å². The number of hydrogen-bond donors (Lipinski definition) is 2. The van der Waals surface area contributed by atoms with Crippen LogP contribution in [0.1, 0.15) is 19.4 Å². The molecule has 1 aliphatic rings. The molecule has 1 unspecified atom stereocenters. The summed E-state index contributed by atoms with van der Waals surface area (Å²) in [7, 11) is 0. The van der Waals surface area contributed by atoms with E-state index >= 15 is 0 Å². The molecule has 1 aliphatic heterocycles. The number of hydrogen-bond acceptors (Lipinski definition) is 5.